The predicted molar refractivity (Wildman–Crippen MR) is 62.8 cm³/mol. The molecule has 3 rings (SSSR count). The molecule has 16 heavy (non-hydrogen) atoms. The van der Waals surface area contributed by atoms with Crippen LogP contribution in [0.5, 0.6) is 0 Å². The molecule has 78 valence electrons. The molecule has 0 aliphatic heterocycles. The maximum absolute atomic E-state index is 5.94. The number of fused-ring (bicyclic) bond motifs is 1. The van der Waals surface area contributed by atoms with Crippen LogP contribution in [0.1, 0.15) is 0 Å². The summed E-state index contributed by atoms with van der Waals surface area (Å²) >= 11 is 0. The van der Waals surface area contributed by atoms with Gasteiger partial charge in [-0.2, -0.15) is 0 Å². The predicted octanol–water partition coefficient (Wildman–Crippen LogP) is 1.98. The maximum Gasteiger partial charge on any atom is 0.147 e. The van der Waals surface area contributed by atoms with Crippen LogP contribution in [0.15, 0.2) is 48.9 Å². The van der Waals surface area contributed by atoms with Crippen molar-refractivity contribution in [1.29, 1.82) is 0 Å². The highest BCUT2D eigenvalue weighted by Gasteiger charge is 2.07. The van der Waals surface area contributed by atoms with E-state index in [1.165, 1.54) is 0 Å². The van der Waals surface area contributed by atoms with Gasteiger partial charge in [-0.25, -0.2) is 4.98 Å². The summed E-state index contributed by atoms with van der Waals surface area (Å²) in [5.41, 5.74) is 7.89. The molecule has 0 saturated heterocycles. The Morgan fingerprint density at radius 1 is 1.06 bits per heavy atom. The first-order chi connectivity index (χ1) is 7.86. The van der Waals surface area contributed by atoms with Crippen LogP contribution in [0, 0.1) is 0 Å². The van der Waals surface area contributed by atoms with E-state index in [4.69, 9.17) is 5.73 Å². The SMILES string of the molecule is Nc1cccc2cnc(-c3cccnc3)n12. The Labute approximate surface area is 92.4 Å². The van der Waals surface area contributed by atoms with Crippen molar-refractivity contribution in [1.82, 2.24) is 14.4 Å². The largest absolute Gasteiger partial charge is 0.385 e. The number of hydrogen-bond acceptors (Lipinski definition) is 3. The molecule has 0 saturated carbocycles. The Morgan fingerprint density at radius 3 is 2.81 bits per heavy atom. The van der Waals surface area contributed by atoms with E-state index in [-0.39, 0.29) is 0 Å². The molecule has 3 aromatic rings. The van der Waals surface area contributed by atoms with Crippen LogP contribution in [-0.2, 0) is 0 Å². The van der Waals surface area contributed by atoms with Gasteiger partial charge < -0.3 is 5.73 Å². The topological polar surface area (TPSA) is 56.2 Å². The second-order valence-electron chi connectivity index (χ2n) is 3.53. The zero-order valence-corrected chi connectivity index (χ0v) is 8.54. The van der Waals surface area contributed by atoms with Gasteiger partial charge in [0.1, 0.15) is 11.6 Å². The summed E-state index contributed by atoms with van der Waals surface area (Å²) in [6.45, 7) is 0. The molecule has 3 heterocycles. The van der Waals surface area contributed by atoms with Gasteiger partial charge in [-0.1, -0.05) is 6.07 Å². The first-order valence-corrected chi connectivity index (χ1v) is 4.98. The average molecular weight is 210 g/mol. The summed E-state index contributed by atoms with van der Waals surface area (Å²) in [6.07, 6.45) is 5.32. The highest BCUT2D eigenvalue weighted by atomic mass is 15.1. The van der Waals surface area contributed by atoms with Crippen molar-refractivity contribution in [2.75, 3.05) is 5.73 Å². The summed E-state index contributed by atoms with van der Waals surface area (Å²) in [4.78, 5) is 8.45. The number of rotatable bonds is 1. The molecule has 0 spiro atoms. The monoisotopic (exact) mass is 210 g/mol. The fraction of sp³-hybridized carbons (Fsp3) is 0. The second kappa shape index (κ2) is 3.34. The van der Waals surface area contributed by atoms with Gasteiger partial charge in [-0.05, 0) is 24.3 Å². The normalized spacial score (nSPS) is 10.8. The van der Waals surface area contributed by atoms with Crippen LogP contribution in [0.3, 0.4) is 0 Å². The third kappa shape index (κ3) is 1.24. The Balaban J connectivity index is 2.33. The average Bonchev–Trinajstić information content (AvgIpc) is 2.75. The fourth-order valence-corrected chi connectivity index (χ4v) is 1.77. The quantitative estimate of drug-likeness (QED) is 0.668. The second-order valence-corrected chi connectivity index (χ2v) is 3.53. The van der Waals surface area contributed by atoms with Gasteiger partial charge in [0.2, 0.25) is 0 Å². The summed E-state index contributed by atoms with van der Waals surface area (Å²) in [5.74, 6) is 1.50. The lowest BCUT2D eigenvalue weighted by Gasteiger charge is -2.03. The number of nitrogen functional groups attached to an aromatic ring is 1. The van der Waals surface area contributed by atoms with E-state index >= 15 is 0 Å². The maximum atomic E-state index is 5.94. The molecule has 0 radical (unpaired) electrons. The minimum atomic E-state index is 0.675. The van der Waals surface area contributed by atoms with E-state index in [0.717, 1.165) is 16.9 Å². The smallest absolute Gasteiger partial charge is 0.147 e. The Hall–Kier alpha value is -2.36. The number of imidazole rings is 1. The van der Waals surface area contributed by atoms with Crippen LogP contribution in [0.2, 0.25) is 0 Å². The number of pyridine rings is 2. The lowest BCUT2D eigenvalue weighted by atomic mass is 10.2. The standard InChI is InChI=1S/C12H10N4/c13-11-5-1-4-10-8-15-12(16(10)11)9-3-2-6-14-7-9/h1-8H,13H2. The first-order valence-electron chi connectivity index (χ1n) is 4.98. The van der Waals surface area contributed by atoms with Crippen LogP contribution in [0.25, 0.3) is 16.9 Å². The van der Waals surface area contributed by atoms with Crippen molar-refractivity contribution in [3.63, 3.8) is 0 Å². The van der Waals surface area contributed by atoms with Crippen molar-refractivity contribution < 1.29 is 0 Å². The van der Waals surface area contributed by atoms with Gasteiger partial charge >= 0.3 is 0 Å². The highest BCUT2D eigenvalue weighted by Crippen LogP contribution is 2.21. The van der Waals surface area contributed by atoms with Gasteiger partial charge in [0.25, 0.3) is 0 Å². The van der Waals surface area contributed by atoms with Gasteiger partial charge in [-0.15, -0.1) is 0 Å². The minimum Gasteiger partial charge on any atom is -0.385 e. The molecule has 3 aromatic heterocycles. The first kappa shape index (κ1) is 8.91. The van der Waals surface area contributed by atoms with Crippen molar-refractivity contribution in [2.24, 2.45) is 0 Å². The van der Waals surface area contributed by atoms with E-state index in [1.54, 1.807) is 18.6 Å². The molecule has 4 nitrogen and oxygen atoms in total. The van der Waals surface area contributed by atoms with Gasteiger partial charge in [0, 0.05) is 18.0 Å². The Kier molecular flexibility index (Phi) is 1.86. The molecular weight excluding hydrogens is 200 g/mol. The molecule has 0 aliphatic rings. The lowest BCUT2D eigenvalue weighted by molar-refractivity contribution is 1.16. The summed E-state index contributed by atoms with van der Waals surface area (Å²) in [7, 11) is 0. The zero-order chi connectivity index (χ0) is 11.0. The zero-order valence-electron chi connectivity index (χ0n) is 8.54. The highest BCUT2D eigenvalue weighted by molar-refractivity contribution is 5.65. The molecule has 0 aromatic carbocycles. The molecular formula is C12H10N4. The van der Waals surface area contributed by atoms with E-state index in [9.17, 15) is 0 Å². The Morgan fingerprint density at radius 2 is 2.00 bits per heavy atom. The molecule has 0 fully saturated rings. The summed E-state index contributed by atoms with van der Waals surface area (Å²) in [5, 5.41) is 0. The minimum absolute atomic E-state index is 0.675. The van der Waals surface area contributed by atoms with E-state index < -0.39 is 0 Å². The van der Waals surface area contributed by atoms with Crippen LogP contribution in [-0.4, -0.2) is 14.4 Å². The van der Waals surface area contributed by atoms with Crippen molar-refractivity contribution in [2.45, 2.75) is 0 Å². The molecule has 0 aliphatic carbocycles. The Bertz CT molecular complexity index is 628. The summed E-state index contributed by atoms with van der Waals surface area (Å²) in [6, 6.07) is 9.60. The van der Waals surface area contributed by atoms with E-state index in [0.29, 0.717) is 5.82 Å². The molecule has 0 bridgehead atoms. The number of nitrogens with zero attached hydrogens (tertiary/aromatic N) is 3. The van der Waals surface area contributed by atoms with Crippen molar-refractivity contribution in [3.05, 3.63) is 48.9 Å². The number of hydrogen-bond donors (Lipinski definition) is 1. The molecule has 0 unspecified atom stereocenters. The van der Waals surface area contributed by atoms with Crippen LogP contribution >= 0.6 is 0 Å². The van der Waals surface area contributed by atoms with Crippen molar-refractivity contribution >= 4 is 11.3 Å². The van der Waals surface area contributed by atoms with Gasteiger partial charge in [0.15, 0.2) is 0 Å². The number of anilines is 1. The van der Waals surface area contributed by atoms with Crippen LogP contribution in [0.4, 0.5) is 5.82 Å². The third-order valence-electron chi connectivity index (χ3n) is 2.50. The molecule has 0 atom stereocenters. The van der Waals surface area contributed by atoms with Gasteiger partial charge in [0.05, 0.1) is 11.7 Å². The van der Waals surface area contributed by atoms with Crippen molar-refractivity contribution in [3.8, 4) is 11.4 Å². The van der Waals surface area contributed by atoms with E-state index in [2.05, 4.69) is 9.97 Å². The van der Waals surface area contributed by atoms with E-state index in [1.807, 2.05) is 34.7 Å². The molecule has 4 heteroatoms. The lowest BCUT2D eigenvalue weighted by Crippen LogP contribution is -1.98. The number of aromatic nitrogens is 3. The fourth-order valence-electron chi connectivity index (χ4n) is 1.77. The van der Waals surface area contributed by atoms with Gasteiger partial charge in [-0.3, -0.25) is 9.38 Å². The molecule has 2 N–H and O–H groups in total. The summed E-state index contributed by atoms with van der Waals surface area (Å²) < 4.78 is 1.91. The number of nitrogens with two attached hydrogens (primary N) is 1. The third-order valence-corrected chi connectivity index (χ3v) is 2.50. The van der Waals surface area contributed by atoms with Crippen LogP contribution < -0.4 is 5.73 Å². The molecule has 0 amide bonds.